The third-order valence-corrected chi connectivity index (χ3v) is 2.88. The minimum atomic E-state index is -0.906. The highest BCUT2D eigenvalue weighted by Gasteiger charge is 2.25. The van der Waals surface area contributed by atoms with Crippen molar-refractivity contribution in [3.05, 3.63) is 35.6 Å². The van der Waals surface area contributed by atoms with E-state index in [1.165, 1.54) is 24.3 Å². The number of carbonyl (C=O) groups is 1. The Morgan fingerprint density at radius 3 is 2.30 bits per heavy atom. The van der Waals surface area contributed by atoms with E-state index in [2.05, 4.69) is 5.32 Å². The summed E-state index contributed by atoms with van der Waals surface area (Å²) in [4.78, 5) is 10.7. The lowest BCUT2D eigenvalue weighted by molar-refractivity contribution is -0.137. The Morgan fingerprint density at radius 2 is 1.85 bits per heavy atom. The normalized spacial score (nSPS) is 14.8. The van der Waals surface area contributed by atoms with Crippen molar-refractivity contribution in [1.29, 1.82) is 0 Å². The summed E-state index contributed by atoms with van der Waals surface area (Å²) in [6.07, 6.45) is -0.619. The van der Waals surface area contributed by atoms with Gasteiger partial charge < -0.3 is 15.5 Å². The van der Waals surface area contributed by atoms with Crippen LogP contribution in [0, 0.1) is 5.82 Å². The van der Waals surface area contributed by atoms with E-state index in [-0.39, 0.29) is 17.8 Å². The van der Waals surface area contributed by atoms with Gasteiger partial charge in [-0.2, -0.15) is 0 Å². The Balaban J connectivity index is 2.84. The molecule has 0 saturated carbocycles. The molecule has 2 unspecified atom stereocenters. The number of benzene rings is 1. The molecule has 112 valence electrons. The van der Waals surface area contributed by atoms with Gasteiger partial charge in [0.15, 0.2) is 0 Å². The fourth-order valence-electron chi connectivity index (χ4n) is 2.04. The third-order valence-electron chi connectivity index (χ3n) is 2.88. The van der Waals surface area contributed by atoms with Crippen LogP contribution in [0.2, 0.25) is 0 Å². The molecule has 1 rings (SSSR count). The Kier molecular flexibility index (Phi) is 5.65. The number of halogens is 1. The number of hydrogen-bond acceptors (Lipinski definition) is 3. The topological polar surface area (TPSA) is 69.6 Å². The monoisotopic (exact) mass is 283 g/mol. The number of hydrogen-bond donors (Lipinski definition) is 3. The maximum atomic E-state index is 12.9. The highest BCUT2D eigenvalue weighted by atomic mass is 19.1. The van der Waals surface area contributed by atoms with E-state index in [0.29, 0.717) is 12.0 Å². The maximum absolute atomic E-state index is 12.9. The number of carboxylic acids is 1. The second-order valence-electron chi connectivity index (χ2n) is 5.93. The van der Waals surface area contributed by atoms with Crippen LogP contribution in [0.25, 0.3) is 0 Å². The van der Waals surface area contributed by atoms with Crippen LogP contribution < -0.4 is 5.32 Å². The number of aliphatic hydroxyl groups excluding tert-OH is 1. The van der Waals surface area contributed by atoms with Gasteiger partial charge >= 0.3 is 5.97 Å². The van der Waals surface area contributed by atoms with Crippen molar-refractivity contribution < 1.29 is 19.4 Å². The SMILES string of the molecule is CC(C)(C)NC(CCC(=O)O)C(O)c1ccc(F)cc1. The Bertz CT molecular complexity index is 439. The molecule has 0 bridgehead atoms. The van der Waals surface area contributed by atoms with Crippen molar-refractivity contribution in [3.63, 3.8) is 0 Å². The van der Waals surface area contributed by atoms with E-state index in [1.807, 2.05) is 20.8 Å². The summed E-state index contributed by atoms with van der Waals surface area (Å²) < 4.78 is 12.9. The summed E-state index contributed by atoms with van der Waals surface area (Å²) in [7, 11) is 0. The van der Waals surface area contributed by atoms with Gasteiger partial charge in [0.2, 0.25) is 0 Å². The molecule has 2 atom stereocenters. The molecule has 0 saturated heterocycles. The summed E-state index contributed by atoms with van der Waals surface area (Å²) in [5, 5.41) is 22.4. The van der Waals surface area contributed by atoms with Crippen LogP contribution in [0.4, 0.5) is 4.39 Å². The number of carboxylic acid groups (broad SMARTS) is 1. The van der Waals surface area contributed by atoms with Crippen LogP contribution in [0.3, 0.4) is 0 Å². The van der Waals surface area contributed by atoms with Crippen molar-refractivity contribution in [2.24, 2.45) is 0 Å². The molecule has 0 aliphatic heterocycles. The van der Waals surface area contributed by atoms with Gasteiger partial charge in [0.1, 0.15) is 5.82 Å². The van der Waals surface area contributed by atoms with Crippen LogP contribution in [0.5, 0.6) is 0 Å². The predicted octanol–water partition coefficient (Wildman–Crippen LogP) is 2.48. The molecule has 5 heteroatoms. The number of rotatable bonds is 6. The molecule has 20 heavy (non-hydrogen) atoms. The average molecular weight is 283 g/mol. The van der Waals surface area contributed by atoms with Gasteiger partial charge in [0.05, 0.1) is 6.10 Å². The third kappa shape index (κ3) is 5.67. The van der Waals surface area contributed by atoms with Crippen LogP contribution in [0.15, 0.2) is 24.3 Å². The summed E-state index contributed by atoms with van der Waals surface area (Å²) in [6.45, 7) is 5.83. The zero-order valence-electron chi connectivity index (χ0n) is 12.1. The summed E-state index contributed by atoms with van der Waals surface area (Å²) in [5.41, 5.74) is 0.308. The van der Waals surface area contributed by atoms with Crippen molar-refractivity contribution >= 4 is 5.97 Å². The summed E-state index contributed by atoms with van der Waals surface area (Å²) >= 11 is 0. The maximum Gasteiger partial charge on any atom is 0.303 e. The first-order valence-electron chi connectivity index (χ1n) is 6.62. The van der Waals surface area contributed by atoms with Gasteiger partial charge in [-0.25, -0.2) is 4.39 Å². The predicted molar refractivity (Wildman–Crippen MR) is 74.9 cm³/mol. The summed E-state index contributed by atoms with van der Waals surface area (Å²) in [6, 6.07) is 5.18. The molecule has 0 aliphatic carbocycles. The van der Waals surface area contributed by atoms with E-state index in [9.17, 15) is 14.3 Å². The van der Waals surface area contributed by atoms with Crippen LogP contribution in [-0.4, -0.2) is 27.8 Å². The lowest BCUT2D eigenvalue weighted by Crippen LogP contribution is -2.46. The van der Waals surface area contributed by atoms with E-state index in [0.717, 1.165) is 0 Å². The first-order valence-corrected chi connectivity index (χ1v) is 6.62. The summed E-state index contributed by atoms with van der Waals surface area (Å²) in [5.74, 6) is -1.27. The van der Waals surface area contributed by atoms with Gasteiger partial charge in [-0.05, 0) is 44.9 Å². The van der Waals surface area contributed by atoms with Gasteiger partial charge in [-0.1, -0.05) is 12.1 Å². The van der Waals surface area contributed by atoms with Gasteiger partial charge in [-0.15, -0.1) is 0 Å². The van der Waals surface area contributed by atoms with E-state index in [1.54, 1.807) is 0 Å². The molecule has 4 nitrogen and oxygen atoms in total. The molecule has 0 radical (unpaired) electrons. The molecule has 0 amide bonds. The Hall–Kier alpha value is -1.46. The largest absolute Gasteiger partial charge is 0.481 e. The minimum absolute atomic E-state index is 0.0357. The molecular formula is C15H22FNO3. The molecular weight excluding hydrogens is 261 g/mol. The number of nitrogens with one attached hydrogen (secondary N) is 1. The Labute approximate surface area is 118 Å². The zero-order valence-corrected chi connectivity index (χ0v) is 12.1. The van der Waals surface area contributed by atoms with Crippen molar-refractivity contribution in [2.45, 2.75) is 51.3 Å². The molecule has 0 heterocycles. The van der Waals surface area contributed by atoms with Gasteiger partial charge in [-0.3, -0.25) is 4.79 Å². The standard InChI is InChI=1S/C15H22FNO3/c1-15(2,3)17-12(8-9-13(18)19)14(20)10-4-6-11(16)7-5-10/h4-7,12,14,17,20H,8-9H2,1-3H3,(H,18,19). The second kappa shape index (κ2) is 6.81. The van der Waals surface area contributed by atoms with E-state index in [4.69, 9.17) is 5.11 Å². The number of aliphatic carboxylic acids is 1. The molecule has 0 aromatic heterocycles. The molecule has 0 aliphatic rings. The first-order chi connectivity index (χ1) is 9.19. The second-order valence-corrected chi connectivity index (χ2v) is 5.93. The zero-order chi connectivity index (χ0) is 15.3. The van der Waals surface area contributed by atoms with E-state index >= 15 is 0 Å². The molecule has 3 N–H and O–H groups in total. The van der Waals surface area contributed by atoms with Crippen molar-refractivity contribution in [1.82, 2.24) is 5.32 Å². The minimum Gasteiger partial charge on any atom is -0.481 e. The highest BCUT2D eigenvalue weighted by Crippen LogP contribution is 2.22. The lowest BCUT2D eigenvalue weighted by atomic mass is 9.95. The average Bonchev–Trinajstić information content (AvgIpc) is 2.33. The van der Waals surface area contributed by atoms with Crippen LogP contribution in [0.1, 0.15) is 45.3 Å². The first kappa shape index (κ1) is 16.6. The van der Waals surface area contributed by atoms with Crippen LogP contribution >= 0.6 is 0 Å². The van der Waals surface area contributed by atoms with Gasteiger partial charge in [0, 0.05) is 18.0 Å². The quantitative estimate of drug-likeness (QED) is 0.750. The molecule has 0 fully saturated rings. The fraction of sp³-hybridized carbons (Fsp3) is 0.533. The molecule has 1 aromatic rings. The van der Waals surface area contributed by atoms with Crippen molar-refractivity contribution in [2.75, 3.05) is 0 Å². The Morgan fingerprint density at radius 1 is 1.30 bits per heavy atom. The molecule has 1 aromatic carbocycles. The highest BCUT2D eigenvalue weighted by molar-refractivity contribution is 5.66. The smallest absolute Gasteiger partial charge is 0.303 e. The van der Waals surface area contributed by atoms with E-state index < -0.39 is 18.1 Å². The molecule has 0 spiro atoms. The van der Waals surface area contributed by atoms with Crippen molar-refractivity contribution in [3.8, 4) is 0 Å². The fourth-order valence-corrected chi connectivity index (χ4v) is 2.04. The van der Waals surface area contributed by atoms with Gasteiger partial charge in [0.25, 0.3) is 0 Å². The van der Waals surface area contributed by atoms with Crippen LogP contribution in [-0.2, 0) is 4.79 Å². The lowest BCUT2D eigenvalue weighted by Gasteiger charge is -2.32. The number of aliphatic hydroxyl groups is 1.